The summed E-state index contributed by atoms with van der Waals surface area (Å²) in [5.74, 6) is 0.861. The van der Waals surface area contributed by atoms with Crippen molar-refractivity contribution in [2.75, 3.05) is 6.54 Å². The molecule has 0 aromatic heterocycles. The van der Waals surface area contributed by atoms with E-state index in [1.165, 1.54) is 77.2 Å². The largest absolute Gasteiger partial charge is 0.391 e. The molecule has 2 aliphatic rings. The van der Waals surface area contributed by atoms with E-state index in [2.05, 4.69) is 18.7 Å². The van der Waals surface area contributed by atoms with Gasteiger partial charge in [-0.15, -0.1) is 0 Å². The van der Waals surface area contributed by atoms with Crippen molar-refractivity contribution in [3.63, 3.8) is 0 Å². The predicted octanol–water partition coefficient (Wildman–Crippen LogP) is 4.75. The fourth-order valence-corrected chi connectivity index (χ4v) is 4.46. The van der Waals surface area contributed by atoms with Crippen molar-refractivity contribution < 1.29 is 5.11 Å². The second kappa shape index (κ2) is 9.15. The Kier molecular flexibility index (Phi) is 7.53. The van der Waals surface area contributed by atoms with Crippen molar-refractivity contribution in [3.8, 4) is 0 Å². The van der Waals surface area contributed by atoms with E-state index in [-0.39, 0.29) is 6.10 Å². The summed E-state index contributed by atoms with van der Waals surface area (Å²) in [4.78, 5) is 2.65. The maximum atomic E-state index is 10.7. The van der Waals surface area contributed by atoms with Crippen LogP contribution in [0.5, 0.6) is 0 Å². The lowest BCUT2D eigenvalue weighted by Crippen LogP contribution is -2.51. The molecule has 124 valence electrons. The zero-order valence-corrected chi connectivity index (χ0v) is 14.4. The Balaban J connectivity index is 1.94. The van der Waals surface area contributed by atoms with E-state index in [0.29, 0.717) is 12.1 Å². The molecular weight excluding hydrogens is 258 g/mol. The summed E-state index contributed by atoms with van der Waals surface area (Å²) in [6, 6.07) is 1.08. The average molecular weight is 296 g/mol. The maximum Gasteiger partial charge on any atom is 0.0695 e. The van der Waals surface area contributed by atoms with Crippen LogP contribution in [0.3, 0.4) is 0 Å². The SMILES string of the molecule is CC1CCN(C2CCCCCCCCCCC2O)C(C)C1. The molecule has 0 aromatic carbocycles. The number of aliphatic hydroxyl groups excluding tert-OH is 1. The standard InChI is InChI=1S/C19H37NO/c1-16-13-14-20(17(2)15-16)18-11-9-7-5-3-4-6-8-10-12-19(18)21/h16-19,21H,3-15H2,1-2H3. The van der Waals surface area contributed by atoms with Crippen LogP contribution in [-0.4, -0.2) is 34.7 Å². The lowest BCUT2D eigenvalue weighted by Gasteiger charge is -2.44. The van der Waals surface area contributed by atoms with Gasteiger partial charge in [-0.2, -0.15) is 0 Å². The monoisotopic (exact) mass is 295 g/mol. The molecule has 1 saturated heterocycles. The van der Waals surface area contributed by atoms with Gasteiger partial charge in [0.2, 0.25) is 0 Å². The van der Waals surface area contributed by atoms with Gasteiger partial charge >= 0.3 is 0 Å². The van der Waals surface area contributed by atoms with E-state index in [1.54, 1.807) is 0 Å². The van der Waals surface area contributed by atoms with Crippen LogP contribution >= 0.6 is 0 Å². The van der Waals surface area contributed by atoms with E-state index in [0.717, 1.165) is 12.3 Å². The molecule has 1 heterocycles. The lowest BCUT2D eigenvalue weighted by atomic mass is 9.88. The molecule has 1 N–H and O–H groups in total. The van der Waals surface area contributed by atoms with Gasteiger partial charge in [-0.1, -0.05) is 58.3 Å². The number of hydrogen-bond acceptors (Lipinski definition) is 2. The molecule has 1 aliphatic carbocycles. The third kappa shape index (κ3) is 5.56. The van der Waals surface area contributed by atoms with Crippen LogP contribution in [-0.2, 0) is 0 Å². The van der Waals surface area contributed by atoms with Crippen LogP contribution < -0.4 is 0 Å². The molecule has 1 saturated carbocycles. The zero-order chi connectivity index (χ0) is 15.1. The van der Waals surface area contributed by atoms with E-state index < -0.39 is 0 Å². The number of nitrogens with zero attached hydrogens (tertiary/aromatic N) is 1. The summed E-state index contributed by atoms with van der Waals surface area (Å²) in [6.45, 7) is 5.95. The molecule has 0 amide bonds. The third-order valence-corrected chi connectivity index (χ3v) is 5.81. The molecular formula is C19H37NO. The summed E-state index contributed by atoms with van der Waals surface area (Å²) in [5, 5.41) is 10.7. The Morgan fingerprint density at radius 3 is 1.95 bits per heavy atom. The zero-order valence-electron chi connectivity index (χ0n) is 14.4. The molecule has 4 atom stereocenters. The van der Waals surface area contributed by atoms with Crippen molar-refractivity contribution in [3.05, 3.63) is 0 Å². The van der Waals surface area contributed by atoms with Crippen molar-refractivity contribution in [1.82, 2.24) is 4.90 Å². The van der Waals surface area contributed by atoms with Gasteiger partial charge in [0.1, 0.15) is 0 Å². The van der Waals surface area contributed by atoms with Crippen LogP contribution in [0.1, 0.15) is 90.9 Å². The molecule has 2 rings (SSSR count). The molecule has 4 unspecified atom stereocenters. The molecule has 0 aromatic rings. The normalized spacial score (nSPS) is 38.4. The second-order valence-electron chi connectivity index (χ2n) is 7.76. The number of rotatable bonds is 1. The Hall–Kier alpha value is -0.0800. The van der Waals surface area contributed by atoms with Gasteiger partial charge < -0.3 is 5.11 Å². The molecule has 0 bridgehead atoms. The first kappa shape index (κ1) is 17.3. The number of likely N-dealkylation sites (tertiary alicyclic amines) is 1. The lowest BCUT2D eigenvalue weighted by molar-refractivity contribution is -0.00670. The first-order valence-electron chi connectivity index (χ1n) is 9.62. The summed E-state index contributed by atoms with van der Waals surface area (Å²) in [6.07, 6.45) is 15.5. The van der Waals surface area contributed by atoms with Crippen LogP contribution in [0.25, 0.3) is 0 Å². The highest BCUT2D eigenvalue weighted by molar-refractivity contribution is 4.87. The Morgan fingerprint density at radius 1 is 0.762 bits per heavy atom. The fourth-order valence-electron chi connectivity index (χ4n) is 4.46. The summed E-state index contributed by atoms with van der Waals surface area (Å²) in [7, 11) is 0. The average Bonchev–Trinajstić information content (AvgIpc) is 2.44. The second-order valence-corrected chi connectivity index (χ2v) is 7.76. The van der Waals surface area contributed by atoms with E-state index in [9.17, 15) is 5.11 Å². The minimum Gasteiger partial charge on any atom is -0.391 e. The van der Waals surface area contributed by atoms with Crippen molar-refractivity contribution in [2.24, 2.45) is 5.92 Å². The van der Waals surface area contributed by atoms with Gasteiger partial charge in [-0.25, -0.2) is 0 Å². The molecule has 0 radical (unpaired) electrons. The van der Waals surface area contributed by atoms with Crippen LogP contribution in [0.15, 0.2) is 0 Å². The van der Waals surface area contributed by atoms with Gasteiger partial charge in [-0.05, 0) is 45.1 Å². The number of aliphatic hydroxyl groups is 1. The first-order chi connectivity index (χ1) is 10.2. The number of hydrogen-bond donors (Lipinski definition) is 1. The minimum atomic E-state index is -0.0970. The summed E-state index contributed by atoms with van der Waals surface area (Å²) >= 11 is 0. The molecule has 21 heavy (non-hydrogen) atoms. The minimum absolute atomic E-state index is 0.0970. The van der Waals surface area contributed by atoms with Gasteiger partial charge in [-0.3, -0.25) is 4.90 Å². The summed E-state index contributed by atoms with van der Waals surface area (Å²) < 4.78 is 0. The van der Waals surface area contributed by atoms with Gasteiger partial charge in [0.15, 0.2) is 0 Å². The Bertz CT molecular complexity index is 281. The molecule has 2 heteroatoms. The van der Waals surface area contributed by atoms with Gasteiger partial charge in [0.25, 0.3) is 0 Å². The van der Waals surface area contributed by atoms with E-state index in [4.69, 9.17) is 0 Å². The highest BCUT2D eigenvalue weighted by Crippen LogP contribution is 2.29. The maximum absolute atomic E-state index is 10.7. The molecule has 2 nitrogen and oxygen atoms in total. The Morgan fingerprint density at radius 2 is 1.33 bits per heavy atom. The van der Waals surface area contributed by atoms with Gasteiger partial charge in [0, 0.05) is 12.1 Å². The molecule has 0 spiro atoms. The van der Waals surface area contributed by atoms with Crippen LogP contribution in [0.4, 0.5) is 0 Å². The highest BCUT2D eigenvalue weighted by atomic mass is 16.3. The van der Waals surface area contributed by atoms with Crippen molar-refractivity contribution >= 4 is 0 Å². The highest BCUT2D eigenvalue weighted by Gasteiger charge is 2.32. The van der Waals surface area contributed by atoms with E-state index >= 15 is 0 Å². The van der Waals surface area contributed by atoms with Crippen molar-refractivity contribution in [2.45, 2.75) is 109 Å². The quantitative estimate of drug-likeness (QED) is 0.754. The predicted molar refractivity (Wildman–Crippen MR) is 90.5 cm³/mol. The molecule has 2 fully saturated rings. The Labute approximate surface area is 132 Å². The summed E-state index contributed by atoms with van der Waals surface area (Å²) in [5.41, 5.74) is 0. The topological polar surface area (TPSA) is 23.5 Å². The number of piperidine rings is 1. The van der Waals surface area contributed by atoms with Gasteiger partial charge in [0.05, 0.1) is 6.10 Å². The van der Waals surface area contributed by atoms with Crippen LogP contribution in [0, 0.1) is 5.92 Å². The van der Waals surface area contributed by atoms with Crippen molar-refractivity contribution in [1.29, 1.82) is 0 Å². The first-order valence-corrected chi connectivity index (χ1v) is 9.62. The van der Waals surface area contributed by atoms with Crippen LogP contribution in [0.2, 0.25) is 0 Å². The fraction of sp³-hybridized carbons (Fsp3) is 1.00. The van der Waals surface area contributed by atoms with E-state index in [1.807, 2.05) is 0 Å². The smallest absolute Gasteiger partial charge is 0.0695 e. The third-order valence-electron chi connectivity index (χ3n) is 5.81. The molecule has 1 aliphatic heterocycles.